The van der Waals surface area contributed by atoms with E-state index in [1.165, 1.54) is 44.9 Å². The lowest BCUT2D eigenvalue weighted by Crippen LogP contribution is -2.43. The average molecular weight is 280 g/mol. The number of carbonyl (C=O) groups is 1. The van der Waals surface area contributed by atoms with Gasteiger partial charge in [0.05, 0.1) is 0 Å². The lowest BCUT2D eigenvalue weighted by atomic mass is 9.82. The smallest absolute Gasteiger partial charge is 0.220 e. The summed E-state index contributed by atoms with van der Waals surface area (Å²) in [6, 6.07) is 0.443. The number of hydrogen-bond donors (Lipinski definition) is 2. The van der Waals surface area contributed by atoms with Gasteiger partial charge in [-0.15, -0.1) is 0 Å². The minimum absolute atomic E-state index is 0.286. The SMILES string of the molecule is CCC1CCCCC1NC(=O)CC(C)C1CCCNC1. The molecule has 4 atom stereocenters. The highest BCUT2D eigenvalue weighted by molar-refractivity contribution is 5.76. The molecule has 0 radical (unpaired) electrons. The Labute approximate surface area is 124 Å². The van der Waals surface area contributed by atoms with Crippen LogP contribution in [0.3, 0.4) is 0 Å². The average Bonchev–Trinajstić information content (AvgIpc) is 2.48. The maximum atomic E-state index is 12.3. The molecule has 4 unspecified atom stereocenters. The van der Waals surface area contributed by atoms with Crippen LogP contribution in [0.5, 0.6) is 0 Å². The monoisotopic (exact) mass is 280 g/mol. The summed E-state index contributed by atoms with van der Waals surface area (Å²) in [5, 5.41) is 6.79. The quantitative estimate of drug-likeness (QED) is 0.812. The minimum atomic E-state index is 0.286. The minimum Gasteiger partial charge on any atom is -0.353 e. The number of hydrogen-bond acceptors (Lipinski definition) is 2. The summed E-state index contributed by atoms with van der Waals surface area (Å²) in [4.78, 5) is 12.3. The lowest BCUT2D eigenvalue weighted by Gasteiger charge is -2.33. The van der Waals surface area contributed by atoms with Gasteiger partial charge in [-0.05, 0) is 56.5 Å². The van der Waals surface area contributed by atoms with Gasteiger partial charge < -0.3 is 10.6 Å². The standard InChI is InChI=1S/C17H32N2O/c1-3-14-7-4-5-9-16(14)19-17(20)11-13(2)15-8-6-10-18-12-15/h13-16,18H,3-12H2,1-2H3,(H,19,20). The predicted molar refractivity (Wildman–Crippen MR) is 83.6 cm³/mol. The molecule has 0 aromatic carbocycles. The van der Waals surface area contributed by atoms with E-state index < -0.39 is 0 Å². The molecule has 116 valence electrons. The fraction of sp³-hybridized carbons (Fsp3) is 0.941. The molecule has 1 saturated heterocycles. The van der Waals surface area contributed by atoms with Crippen molar-refractivity contribution in [2.24, 2.45) is 17.8 Å². The van der Waals surface area contributed by atoms with Crippen molar-refractivity contribution in [2.75, 3.05) is 13.1 Å². The molecule has 0 aromatic heterocycles. The van der Waals surface area contributed by atoms with Crippen LogP contribution >= 0.6 is 0 Å². The third-order valence-electron chi connectivity index (χ3n) is 5.43. The molecular formula is C17H32N2O. The molecule has 20 heavy (non-hydrogen) atoms. The van der Waals surface area contributed by atoms with Crippen molar-refractivity contribution in [2.45, 2.75) is 71.3 Å². The molecular weight excluding hydrogens is 248 g/mol. The van der Waals surface area contributed by atoms with Crippen LogP contribution < -0.4 is 10.6 Å². The van der Waals surface area contributed by atoms with Gasteiger partial charge in [0.1, 0.15) is 0 Å². The Hall–Kier alpha value is -0.570. The summed E-state index contributed by atoms with van der Waals surface area (Å²) in [6.07, 6.45) is 9.55. The second-order valence-electron chi connectivity index (χ2n) is 6.91. The van der Waals surface area contributed by atoms with Gasteiger partial charge in [-0.1, -0.05) is 33.1 Å². The van der Waals surface area contributed by atoms with E-state index in [4.69, 9.17) is 0 Å². The van der Waals surface area contributed by atoms with Gasteiger partial charge in [0, 0.05) is 12.5 Å². The largest absolute Gasteiger partial charge is 0.353 e. The van der Waals surface area contributed by atoms with Crippen LogP contribution in [0, 0.1) is 17.8 Å². The van der Waals surface area contributed by atoms with Gasteiger partial charge in [0.15, 0.2) is 0 Å². The molecule has 2 N–H and O–H groups in total. The van der Waals surface area contributed by atoms with Crippen molar-refractivity contribution in [3.05, 3.63) is 0 Å². The zero-order valence-corrected chi connectivity index (χ0v) is 13.3. The molecule has 3 nitrogen and oxygen atoms in total. The van der Waals surface area contributed by atoms with E-state index in [9.17, 15) is 4.79 Å². The first-order valence-electron chi connectivity index (χ1n) is 8.70. The highest BCUT2D eigenvalue weighted by atomic mass is 16.1. The van der Waals surface area contributed by atoms with Gasteiger partial charge in [-0.25, -0.2) is 0 Å². The zero-order chi connectivity index (χ0) is 14.4. The summed E-state index contributed by atoms with van der Waals surface area (Å²) in [7, 11) is 0. The Morgan fingerprint density at radius 3 is 2.75 bits per heavy atom. The molecule has 1 saturated carbocycles. The summed E-state index contributed by atoms with van der Waals surface area (Å²) in [5.41, 5.74) is 0. The fourth-order valence-corrected chi connectivity index (χ4v) is 3.98. The van der Waals surface area contributed by atoms with Crippen LogP contribution in [0.4, 0.5) is 0 Å². The molecule has 2 fully saturated rings. The highest BCUT2D eigenvalue weighted by Gasteiger charge is 2.27. The number of amides is 1. The van der Waals surface area contributed by atoms with Crippen LogP contribution in [0.1, 0.15) is 65.2 Å². The van der Waals surface area contributed by atoms with E-state index in [0.29, 0.717) is 30.2 Å². The normalized spacial score (nSPS) is 32.6. The Bertz CT molecular complexity index is 299. The number of rotatable bonds is 5. The van der Waals surface area contributed by atoms with E-state index in [0.717, 1.165) is 13.1 Å². The molecule has 1 heterocycles. The number of nitrogens with one attached hydrogen (secondary N) is 2. The Balaban J connectivity index is 1.75. The molecule has 0 spiro atoms. The first-order chi connectivity index (χ1) is 9.70. The first kappa shape index (κ1) is 15.8. The van der Waals surface area contributed by atoms with E-state index >= 15 is 0 Å². The maximum Gasteiger partial charge on any atom is 0.220 e. The Kier molecular flexibility index (Phi) is 6.34. The molecule has 2 aliphatic rings. The number of carbonyl (C=O) groups excluding carboxylic acids is 1. The molecule has 0 aromatic rings. The summed E-state index contributed by atoms with van der Waals surface area (Å²) in [6.45, 7) is 6.74. The van der Waals surface area contributed by atoms with Gasteiger partial charge in [0.2, 0.25) is 5.91 Å². The first-order valence-corrected chi connectivity index (χ1v) is 8.70. The summed E-state index contributed by atoms with van der Waals surface area (Å²) < 4.78 is 0. The van der Waals surface area contributed by atoms with Gasteiger partial charge >= 0.3 is 0 Å². The van der Waals surface area contributed by atoms with E-state index in [1.807, 2.05) is 0 Å². The summed E-state index contributed by atoms with van der Waals surface area (Å²) >= 11 is 0. The lowest BCUT2D eigenvalue weighted by molar-refractivity contribution is -0.123. The van der Waals surface area contributed by atoms with E-state index in [1.54, 1.807) is 0 Å². The van der Waals surface area contributed by atoms with Gasteiger partial charge in [0.25, 0.3) is 0 Å². The molecule has 1 aliphatic carbocycles. The Morgan fingerprint density at radius 1 is 1.25 bits per heavy atom. The van der Waals surface area contributed by atoms with E-state index in [2.05, 4.69) is 24.5 Å². The summed E-state index contributed by atoms with van der Waals surface area (Å²) in [5.74, 6) is 2.18. The van der Waals surface area contributed by atoms with Crippen LogP contribution in [-0.4, -0.2) is 25.0 Å². The van der Waals surface area contributed by atoms with Crippen molar-refractivity contribution < 1.29 is 4.79 Å². The second kappa shape index (κ2) is 8.02. The van der Waals surface area contributed by atoms with Crippen molar-refractivity contribution >= 4 is 5.91 Å². The van der Waals surface area contributed by atoms with Crippen molar-refractivity contribution in [1.82, 2.24) is 10.6 Å². The van der Waals surface area contributed by atoms with Gasteiger partial charge in [-0.3, -0.25) is 4.79 Å². The van der Waals surface area contributed by atoms with Crippen molar-refractivity contribution in [1.29, 1.82) is 0 Å². The van der Waals surface area contributed by atoms with Crippen LogP contribution in [0.25, 0.3) is 0 Å². The molecule has 1 amide bonds. The van der Waals surface area contributed by atoms with Crippen molar-refractivity contribution in [3.8, 4) is 0 Å². The topological polar surface area (TPSA) is 41.1 Å². The van der Waals surface area contributed by atoms with Crippen LogP contribution in [0.15, 0.2) is 0 Å². The molecule has 3 heteroatoms. The van der Waals surface area contributed by atoms with Crippen LogP contribution in [-0.2, 0) is 4.79 Å². The molecule has 0 bridgehead atoms. The van der Waals surface area contributed by atoms with Gasteiger partial charge in [-0.2, -0.15) is 0 Å². The predicted octanol–water partition coefficient (Wildman–Crippen LogP) is 3.10. The van der Waals surface area contributed by atoms with Crippen LogP contribution in [0.2, 0.25) is 0 Å². The molecule has 1 aliphatic heterocycles. The number of piperidine rings is 1. The highest BCUT2D eigenvalue weighted by Crippen LogP contribution is 2.27. The zero-order valence-electron chi connectivity index (χ0n) is 13.3. The second-order valence-corrected chi connectivity index (χ2v) is 6.91. The fourth-order valence-electron chi connectivity index (χ4n) is 3.98. The third kappa shape index (κ3) is 4.47. The van der Waals surface area contributed by atoms with Crippen molar-refractivity contribution in [3.63, 3.8) is 0 Å². The molecule has 2 rings (SSSR count). The third-order valence-corrected chi connectivity index (χ3v) is 5.43. The van der Waals surface area contributed by atoms with E-state index in [-0.39, 0.29) is 5.91 Å². The Morgan fingerprint density at radius 2 is 2.05 bits per heavy atom. The maximum absolute atomic E-state index is 12.3.